The van der Waals surface area contributed by atoms with Crippen LogP contribution in [0.25, 0.3) is 10.9 Å². The zero-order chi connectivity index (χ0) is 45.8. The average molecular weight is 866 g/mol. The van der Waals surface area contributed by atoms with Crippen molar-refractivity contribution < 1.29 is 57.5 Å². The summed E-state index contributed by atoms with van der Waals surface area (Å²) in [5.74, 6) is -7.14. The number of nitrogens with zero attached hydrogens (tertiary/aromatic N) is 2. The molecule has 3 aliphatic heterocycles. The van der Waals surface area contributed by atoms with E-state index in [1.54, 1.807) is 60.9 Å². The van der Waals surface area contributed by atoms with Crippen molar-refractivity contribution in [1.29, 1.82) is 0 Å². The summed E-state index contributed by atoms with van der Waals surface area (Å²) in [6.45, 7) is 13.5. The maximum absolute atomic E-state index is 14.7. The molecule has 1 aromatic carbocycles. The van der Waals surface area contributed by atoms with Gasteiger partial charge in [-0.05, 0) is 110 Å². The van der Waals surface area contributed by atoms with Crippen molar-refractivity contribution in [2.24, 2.45) is 29.6 Å². The molecule has 5 rings (SSSR count). The largest absolute Gasteiger partial charge is 0.497 e. The highest BCUT2D eigenvalue weighted by Crippen LogP contribution is 2.45. The zero-order valence-electron chi connectivity index (χ0n) is 38.3. The Morgan fingerprint density at radius 2 is 1.73 bits per heavy atom. The van der Waals surface area contributed by atoms with Crippen LogP contribution < -0.4 is 10.1 Å². The van der Waals surface area contributed by atoms with Gasteiger partial charge in [-0.25, -0.2) is 4.79 Å². The number of likely N-dealkylation sites (N-methyl/N-ethyl adjacent to an activating group) is 1. The van der Waals surface area contributed by atoms with E-state index in [9.17, 15) is 29.1 Å². The molecule has 62 heavy (non-hydrogen) atoms. The number of hydrogen-bond donors (Lipinski definition) is 2. The number of allylic oxidation sites excluding steroid dienone is 1. The first-order valence-electron chi connectivity index (χ1n) is 21.8. The third kappa shape index (κ3) is 10.2. The predicted octanol–water partition coefficient (Wildman–Crippen LogP) is 4.77. The number of Topliss-reactive ketones (excluding diaryl/α,β-unsaturated/α-hetero) is 2. The van der Waals surface area contributed by atoms with E-state index < -0.39 is 95.1 Å². The highest BCUT2D eigenvalue weighted by molar-refractivity contribution is 6.00. The van der Waals surface area contributed by atoms with Crippen LogP contribution in [0.4, 0.5) is 0 Å². The van der Waals surface area contributed by atoms with Crippen LogP contribution in [0.2, 0.25) is 0 Å². The lowest BCUT2D eigenvalue weighted by molar-refractivity contribution is -0.295. The Balaban J connectivity index is 1.43. The maximum atomic E-state index is 14.7. The Bertz CT molecular complexity index is 1990. The molecule has 0 spiro atoms. The van der Waals surface area contributed by atoms with Crippen molar-refractivity contribution in [1.82, 2.24) is 15.2 Å². The molecule has 1 amide bonds. The van der Waals surface area contributed by atoms with Gasteiger partial charge < -0.3 is 43.7 Å². The molecule has 0 saturated carbocycles. The number of nitrogens with one attached hydrogen (secondary N) is 1. The first kappa shape index (κ1) is 48.7. The SMILES string of the molecule is CC[C@H]1OC(=O)[C@H](C)C(=O)[C@H](C)[C@@H](O[C@@H]2O[C@H](C)C[C@H](N(C)C)[C@H]2O)[C@](C)(OC)C[C@@H](C)C(=O)[C@H](C)[C@H]2C(NC(=O)/C=C/CCc3cnc4ccc(OC)cc4c3)C(=O)O[C@@]21C. The minimum Gasteiger partial charge on any atom is -0.497 e. The van der Waals surface area contributed by atoms with Crippen LogP contribution in [-0.2, 0) is 54.1 Å². The molecule has 0 radical (unpaired) electrons. The number of pyridine rings is 1. The molecule has 2 N–H and O–H groups in total. The van der Waals surface area contributed by atoms with E-state index in [4.69, 9.17) is 28.4 Å². The van der Waals surface area contributed by atoms with Gasteiger partial charge in [0.25, 0.3) is 0 Å². The lowest BCUT2D eigenvalue weighted by Gasteiger charge is -2.47. The van der Waals surface area contributed by atoms with Gasteiger partial charge in [-0.1, -0.05) is 33.8 Å². The number of aromatic nitrogens is 1. The number of carbonyl (C=O) groups excluding carboxylic acids is 5. The summed E-state index contributed by atoms with van der Waals surface area (Å²) >= 11 is 0. The van der Waals surface area contributed by atoms with Crippen molar-refractivity contribution in [2.75, 3.05) is 28.3 Å². The van der Waals surface area contributed by atoms with Crippen LogP contribution in [0.1, 0.15) is 86.6 Å². The van der Waals surface area contributed by atoms with Gasteiger partial charge in [0.2, 0.25) is 5.91 Å². The lowest BCUT2D eigenvalue weighted by atomic mass is 9.69. The number of cyclic esters (lactones) is 1. The van der Waals surface area contributed by atoms with E-state index in [-0.39, 0.29) is 30.8 Å². The number of fused-ring (bicyclic) bond motifs is 2. The van der Waals surface area contributed by atoms with Crippen LogP contribution in [0.15, 0.2) is 42.6 Å². The number of esters is 2. The predicted molar refractivity (Wildman–Crippen MR) is 230 cm³/mol. The Labute approximate surface area is 365 Å². The minimum absolute atomic E-state index is 0.0543. The van der Waals surface area contributed by atoms with E-state index in [1.807, 2.05) is 50.2 Å². The quantitative estimate of drug-likeness (QED) is 0.179. The lowest BCUT2D eigenvalue weighted by Crippen LogP contribution is -2.59. The Morgan fingerprint density at radius 1 is 1.02 bits per heavy atom. The van der Waals surface area contributed by atoms with Gasteiger partial charge in [-0.2, -0.15) is 0 Å². The summed E-state index contributed by atoms with van der Waals surface area (Å²) in [6, 6.07) is 6.09. The third-order valence-electron chi connectivity index (χ3n) is 13.5. The molecular formula is C47H67N3O12. The van der Waals surface area contributed by atoms with Crippen molar-refractivity contribution >= 4 is 40.3 Å². The van der Waals surface area contributed by atoms with Crippen molar-refractivity contribution in [3.05, 3.63) is 48.2 Å². The molecule has 0 bridgehead atoms. The number of ether oxygens (including phenoxy) is 6. The molecule has 4 heterocycles. The third-order valence-corrected chi connectivity index (χ3v) is 13.5. The average Bonchev–Trinajstić information content (AvgIpc) is 3.50. The Hall–Kier alpha value is -4.28. The molecular weight excluding hydrogens is 799 g/mol. The van der Waals surface area contributed by atoms with Crippen molar-refractivity contribution in [2.45, 2.75) is 141 Å². The smallest absolute Gasteiger partial charge is 0.329 e. The van der Waals surface area contributed by atoms with Crippen LogP contribution in [0.3, 0.4) is 0 Å². The van der Waals surface area contributed by atoms with Gasteiger partial charge in [-0.15, -0.1) is 0 Å². The number of rotatable bonds is 11. The number of methoxy groups -OCH3 is 2. The topological polar surface area (TPSA) is 189 Å². The molecule has 2 aromatic rings. The Kier molecular flexibility index (Phi) is 15.8. The number of carbonyl (C=O) groups is 5. The van der Waals surface area contributed by atoms with Crippen LogP contribution in [0, 0.1) is 29.6 Å². The number of amides is 1. The van der Waals surface area contributed by atoms with E-state index in [0.717, 1.165) is 22.2 Å². The van der Waals surface area contributed by atoms with Crippen LogP contribution in [-0.4, -0.2) is 127 Å². The number of aryl methyl sites for hydroxylation is 1. The molecule has 0 aliphatic carbocycles. The van der Waals surface area contributed by atoms with Gasteiger partial charge in [0.05, 0.1) is 30.4 Å². The number of ketones is 2. The maximum Gasteiger partial charge on any atom is 0.329 e. The fourth-order valence-corrected chi connectivity index (χ4v) is 9.85. The fourth-order valence-electron chi connectivity index (χ4n) is 9.85. The van der Waals surface area contributed by atoms with Gasteiger partial charge in [0.15, 0.2) is 17.7 Å². The van der Waals surface area contributed by atoms with Crippen molar-refractivity contribution in [3.63, 3.8) is 0 Å². The summed E-state index contributed by atoms with van der Waals surface area (Å²) in [5, 5.41) is 15.2. The first-order valence-corrected chi connectivity index (χ1v) is 21.8. The highest BCUT2D eigenvalue weighted by Gasteiger charge is 2.62. The molecule has 14 atom stereocenters. The summed E-state index contributed by atoms with van der Waals surface area (Å²) in [4.78, 5) is 76.8. The zero-order valence-corrected chi connectivity index (χ0v) is 38.3. The summed E-state index contributed by atoms with van der Waals surface area (Å²) in [5.41, 5.74) is -1.10. The molecule has 1 unspecified atom stereocenters. The van der Waals surface area contributed by atoms with Crippen LogP contribution in [0.5, 0.6) is 5.75 Å². The molecule has 3 aliphatic rings. The van der Waals surface area contributed by atoms with E-state index >= 15 is 0 Å². The summed E-state index contributed by atoms with van der Waals surface area (Å²) < 4.78 is 36.4. The molecule has 15 heteroatoms. The normalized spacial score (nSPS) is 36.3. The van der Waals surface area contributed by atoms with Gasteiger partial charge >= 0.3 is 11.9 Å². The Morgan fingerprint density at radius 3 is 2.37 bits per heavy atom. The first-order chi connectivity index (χ1) is 29.2. The minimum atomic E-state index is -1.56. The number of aliphatic hydroxyl groups is 1. The second-order valence-electron chi connectivity index (χ2n) is 18.1. The highest BCUT2D eigenvalue weighted by atomic mass is 16.7. The molecule has 15 nitrogen and oxygen atoms in total. The molecule has 3 saturated heterocycles. The van der Waals surface area contributed by atoms with Gasteiger partial charge in [-0.3, -0.25) is 24.2 Å². The second-order valence-corrected chi connectivity index (χ2v) is 18.1. The monoisotopic (exact) mass is 865 g/mol. The standard InChI is InChI=1S/C47H67N3O12/c1-13-35-47(8)37(38(44(56)62-47)49-36(51)17-15-14-16-30-21-31-22-32(57-11)18-19-33(31)48-24-30)27(4)39(52)25(2)23-46(7,58-12)42(28(5)40(53)29(6)43(55)60-35)61-45-41(54)34(50(9)10)20-26(3)59-45/h15,17-19,21-22,24-29,34-35,37-38,41-42,45,54H,13-14,16,20,23H2,1-12H3,(H,49,51)/b17-15+/t25-,26-,27-,28+,29-,34+,35-,37+,38?,41-,42-,45+,46-,47-/m1/s1. The second kappa shape index (κ2) is 20.0. The molecule has 3 fully saturated rings. The number of aliphatic hydroxyl groups excluding tert-OH is 1. The molecule has 1 aromatic heterocycles. The van der Waals surface area contributed by atoms with Crippen molar-refractivity contribution in [3.8, 4) is 5.75 Å². The summed E-state index contributed by atoms with van der Waals surface area (Å²) in [6.07, 6.45) is 2.00. The molecule has 342 valence electrons. The number of hydrogen-bond acceptors (Lipinski definition) is 14. The number of benzene rings is 1. The van der Waals surface area contributed by atoms with Gasteiger partial charge in [0.1, 0.15) is 35.7 Å². The van der Waals surface area contributed by atoms with E-state index in [0.29, 0.717) is 19.3 Å². The van der Waals surface area contributed by atoms with Crippen LogP contribution >= 0.6 is 0 Å². The van der Waals surface area contributed by atoms with Gasteiger partial charge in [0, 0.05) is 48.4 Å². The van der Waals surface area contributed by atoms with E-state index in [2.05, 4.69) is 10.3 Å². The summed E-state index contributed by atoms with van der Waals surface area (Å²) in [7, 11) is 6.77. The fraction of sp³-hybridized carbons (Fsp3) is 0.660. The van der Waals surface area contributed by atoms with E-state index in [1.165, 1.54) is 20.1 Å².